The second kappa shape index (κ2) is 7.36. The highest BCUT2D eigenvalue weighted by Crippen LogP contribution is 2.46. The van der Waals surface area contributed by atoms with E-state index in [1.807, 2.05) is 0 Å². The molecule has 2 heterocycles. The maximum Gasteiger partial charge on any atom is 0.460 e. The lowest BCUT2D eigenvalue weighted by molar-refractivity contribution is -0.343. The van der Waals surface area contributed by atoms with Gasteiger partial charge in [-0.3, -0.25) is 19.0 Å². The molecule has 0 saturated carbocycles. The molecule has 0 aliphatic rings. The van der Waals surface area contributed by atoms with Gasteiger partial charge in [-0.1, -0.05) is 0 Å². The lowest BCUT2D eigenvalue weighted by Crippen LogP contribution is -2.57. The standard InChI is InChI=1S/C14H13F7N6O2/c1-26-6-7(4-23-26)3-22-10(28)9-8(5-24-27(9)2)25-11(29)12(15,16)13(17,18)14(19,20)21/h4-6H,3H2,1-2H3,(H,22,28)(H,25,29). The molecule has 2 amide bonds. The third-order valence-electron chi connectivity index (χ3n) is 3.65. The Hall–Kier alpha value is -3.13. The van der Waals surface area contributed by atoms with Crippen molar-refractivity contribution in [3.63, 3.8) is 0 Å². The van der Waals surface area contributed by atoms with Gasteiger partial charge in [-0.15, -0.1) is 0 Å². The van der Waals surface area contributed by atoms with Crippen LogP contribution >= 0.6 is 0 Å². The van der Waals surface area contributed by atoms with Crippen molar-refractivity contribution >= 4 is 17.5 Å². The Morgan fingerprint density at radius 1 is 1.03 bits per heavy atom. The van der Waals surface area contributed by atoms with Crippen LogP contribution in [-0.4, -0.2) is 49.4 Å². The average molecular weight is 430 g/mol. The van der Waals surface area contributed by atoms with E-state index in [9.17, 15) is 40.3 Å². The summed E-state index contributed by atoms with van der Waals surface area (Å²) < 4.78 is 91.8. The van der Waals surface area contributed by atoms with E-state index in [2.05, 4.69) is 15.5 Å². The fourth-order valence-corrected chi connectivity index (χ4v) is 2.15. The lowest BCUT2D eigenvalue weighted by Gasteiger charge is -2.26. The van der Waals surface area contributed by atoms with Gasteiger partial charge in [0, 0.05) is 32.4 Å². The summed E-state index contributed by atoms with van der Waals surface area (Å²) in [5.41, 5.74) is -0.780. The molecule has 0 aliphatic carbocycles. The molecule has 0 spiro atoms. The maximum atomic E-state index is 13.5. The van der Waals surface area contributed by atoms with E-state index < -0.39 is 41.2 Å². The van der Waals surface area contributed by atoms with Crippen molar-refractivity contribution in [2.75, 3.05) is 5.32 Å². The van der Waals surface area contributed by atoms with Crippen LogP contribution in [0.25, 0.3) is 0 Å². The molecule has 0 bridgehead atoms. The summed E-state index contributed by atoms with van der Waals surface area (Å²) in [6.45, 7) is -0.0758. The largest absolute Gasteiger partial charge is 0.460 e. The molecule has 8 nitrogen and oxygen atoms in total. The second-order valence-electron chi connectivity index (χ2n) is 5.84. The first-order chi connectivity index (χ1) is 13.2. The number of amides is 2. The number of halogens is 7. The zero-order valence-electron chi connectivity index (χ0n) is 14.7. The van der Waals surface area contributed by atoms with Gasteiger partial charge < -0.3 is 10.6 Å². The molecule has 29 heavy (non-hydrogen) atoms. The number of anilines is 1. The molecule has 0 fully saturated rings. The van der Waals surface area contributed by atoms with E-state index in [-0.39, 0.29) is 6.54 Å². The molecule has 2 aromatic rings. The van der Waals surface area contributed by atoms with Gasteiger partial charge in [0.05, 0.1) is 18.1 Å². The molecule has 0 atom stereocenters. The molecule has 160 valence electrons. The van der Waals surface area contributed by atoms with E-state index >= 15 is 0 Å². The Bertz CT molecular complexity index is 918. The van der Waals surface area contributed by atoms with Crippen LogP contribution in [0, 0.1) is 0 Å². The first-order valence-corrected chi connectivity index (χ1v) is 7.60. The lowest BCUT2D eigenvalue weighted by atomic mass is 10.1. The predicted molar refractivity (Wildman–Crippen MR) is 82.2 cm³/mol. The minimum Gasteiger partial charge on any atom is -0.346 e. The van der Waals surface area contributed by atoms with Crippen LogP contribution in [0.2, 0.25) is 0 Å². The number of nitrogens with one attached hydrogen (secondary N) is 2. The Balaban J connectivity index is 2.20. The zero-order valence-corrected chi connectivity index (χ0v) is 14.7. The minimum absolute atomic E-state index is 0.0758. The highest BCUT2D eigenvalue weighted by Gasteiger charge is 2.76. The third kappa shape index (κ3) is 4.17. The van der Waals surface area contributed by atoms with E-state index in [0.29, 0.717) is 11.8 Å². The zero-order chi connectivity index (χ0) is 22.2. The second-order valence-corrected chi connectivity index (χ2v) is 5.84. The smallest absolute Gasteiger partial charge is 0.346 e. The highest BCUT2D eigenvalue weighted by molar-refractivity contribution is 6.04. The van der Waals surface area contributed by atoms with Gasteiger partial charge in [-0.2, -0.15) is 40.9 Å². The number of hydrogen-bond acceptors (Lipinski definition) is 4. The predicted octanol–water partition coefficient (Wildman–Crippen LogP) is 1.85. The number of carbonyl (C=O) groups excluding carboxylic acids is 2. The van der Waals surface area contributed by atoms with Crippen molar-refractivity contribution in [2.24, 2.45) is 14.1 Å². The molecular formula is C14H13F7N6O2. The molecular weight excluding hydrogens is 417 g/mol. The van der Waals surface area contributed by atoms with E-state index in [4.69, 9.17) is 0 Å². The summed E-state index contributed by atoms with van der Waals surface area (Å²) >= 11 is 0. The monoisotopic (exact) mass is 430 g/mol. The Kier molecular flexibility index (Phi) is 5.63. The number of aryl methyl sites for hydroxylation is 2. The van der Waals surface area contributed by atoms with Crippen LogP contribution in [0.15, 0.2) is 18.6 Å². The molecule has 2 N–H and O–H groups in total. The van der Waals surface area contributed by atoms with Gasteiger partial charge in [0.15, 0.2) is 0 Å². The highest BCUT2D eigenvalue weighted by atomic mass is 19.4. The summed E-state index contributed by atoms with van der Waals surface area (Å²) in [6.07, 6.45) is -3.07. The number of nitrogens with zero attached hydrogens (tertiary/aromatic N) is 4. The number of aromatic nitrogens is 4. The van der Waals surface area contributed by atoms with Crippen molar-refractivity contribution in [3.05, 3.63) is 29.8 Å². The van der Waals surface area contributed by atoms with Gasteiger partial charge in [-0.25, -0.2) is 0 Å². The van der Waals surface area contributed by atoms with Crippen LogP contribution in [-0.2, 0) is 25.4 Å². The van der Waals surface area contributed by atoms with Crippen LogP contribution < -0.4 is 10.6 Å². The summed E-state index contributed by atoms with van der Waals surface area (Å²) in [4.78, 5) is 23.7. The minimum atomic E-state index is -6.67. The van der Waals surface area contributed by atoms with Crippen LogP contribution in [0.3, 0.4) is 0 Å². The topological polar surface area (TPSA) is 93.8 Å². The number of alkyl halides is 7. The average Bonchev–Trinajstić information content (AvgIpc) is 3.17. The molecule has 2 rings (SSSR count). The summed E-state index contributed by atoms with van der Waals surface area (Å²) in [5, 5.41) is 10.9. The van der Waals surface area contributed by atoms with E-state index in [0.717, 1.165) is 11.7 Å². The van der Waals surface area contributed by atoms with E-state index in [1.54, 1.807) is 13.2 Å². The van der Waals surface area contributed by atoms with Crippen LogP contribution in [0.1, 0.15) is 16.1 Å². The van der Waals surface area contributed by atoms with Gasteiger partial charge in [0.2, 0.25) is 0 Å². The maximum absolute atomic E-state index is 13.5. The van der Waals surface area contributed by atoms with Crippen molar-refractivity contribution in [2.45, 2.75) is 24.6 Å². The van der Waals surface area contributed by atoms with Gasteiger partial charge in [-0.05, 0) is 0 Å². The van der Waals surface area contributed by atoms with Gasteiger partial charge in [0.1, 0.15) is 5.69 Å². The third-order valence-corrected chi connectivity index (χ3v) is 3.65. The van der Waals surface area contributed by atoms with Crippen LogP contribution in [0.4, 0.5) is 36.4 Å². The number of carbonyl (C=O) groups is 2. The SMILES string of the molecule is Cn1cc(CNC(=O)c2c(NC(=O)C(F)(F)C(F)(F)C(F)(F)F)cnn2C)cn1. The molecule has 2 aromatic heterocycles. The molecule has 0 aromatic carbocycles. The summed E-state index contributed by atoms with van der Waals surface area (Å²) in [5.74, 6) is -16.7. The molecule has 0 saturated heterocycles. The van der Waals surface area contributed by atoms with Gasteiger partial charge >= 0.3 is 23.9 Å². The van der Waals surface area contributed by atoms with Crippen LogP contribution in [0.5, 0.6) is 0 Å². The normalized spacial score (nSPS) is 12.7. The van der Waals surface area contributed by atoms with Crippen molar-refractivity contribution in [1.29, 1.82) is 0 Å². The summed E-state index contributed by atoms with van der Waals surface area (Å²) in [6, 6.07) is 0. The Morgan fingerprint density at radius 2 is 1.66 bits per heavy atom. The first kappa shape index (κ1) is 22.2. The molecule has 0 unspecified atom stereocenters. The Labute approximate surface area is 157 Å². The van der Waals surface area contributed by atoms with Gasteiger partial charge in [0.25, 0.3) is 5.91 Å². The Morgan fingerprint density at radius 3 is 2.17 bits per heavy atom. The fraction of sp³-hybridized carbons (Fsp3) is 0.429. The quantitative estimate of drug-likeness (QED) is 0.685. The van der Waals surface area contributed by atoms with Crippen molar-refractivity contribution in [1.82, 2.24) is 24.9 Å². The van der Waals surface area contributed by atoms with Crippen molar-refractivity contribution < 1.29 is 40.3 Å². The van der Waals surface area contributed by atoms with E-state index in [1.165, 1.54) is 16.2 Å². The number of hydrogen-bond donors (Lipinski definition) is 2. The molecule has 0 aliphatic heterocycles. The van der Waals surface area contributed by atoms with Crippen molar-refractivity contribution in [3.8, 4) is 0 Å². The first-order valence-electron chi connectivity index (χ1n) is 7.60. The molecule has 0 radical (unpaired) electrons. The number of rotatable bonds is 6. The molecule has 15 heteroatoms. The summed E-state index contributed by atoms with van der Waals surface area (Å²) in [7, 11) is 2.77. The fourth-order valence-electron chi connectivity index (χ4n) is 2.15.